The van der Waals surface area contributed by atoms with Crippen molar-refractivity contribution in [1.29, 1.82) is 0 Å². The van der Waals surface area contributed by atoms with Gasteiger partial charge in [0.2, 0.25) is 10.0 Å². The Labute approximate surface area is 134 Å². The third kappa shape index (κ3) is 11.1. The van der Waals surface area contributed by atoms with Gasteiger partial charge in [-0.25, -0.2) is 13.1 Å². The van der Waals surface area contributed by atoms with E-state index in [4.69, 9.17) is 4.74 Å². The molecule has 0 bridgehead atoms. The van der Waals surface area contributed by atoms with Crippen LogP contribution in [-0.2, 0) is 14.8 Å². The Hall–Kier alpha value is 0.370. The summed E-state index contributed by atoms with van der Waals surface area (Å²) in [6.45, 7) is 6.15. The number of hydrogen-bond donors (Lipinski definition) is 2. The summed E-state index contributed by atoms with van der Waals surface area (Å²) in [4.78, 5) is 2.36. The number of rotatable bonds is 9. The number of halogens is 2. The number of hydrogen-bond acceptors (Lipinski definition) is 5. The molecule has 1 aliphatic heterocycles. The summed E-state index contributed by atoms with van der Waals surface area (Å²) in [5.74, 6) is 0.147. The Morgan fingerprint density at radius 1 is 1.20 bits per heavy atom. The molecular formula is C11H27Cl2N3O3S. The highest BCUT2D eigenvalue weighted by molar-refractivity contribution is 7.89. The SMILES string of the molecule is COCCCS(=O)(=O)NCCCN1CCNCC1.Cl.Cl. The van der Waals surface area contributed by atoms with Crippen molar-refractivity contribution < 1.29 is 13.2 Å². The highest BCUT2D eigenvalue weighted by Crippen LogP contribution is 1.95. The lowest BCUT2D eigenvalue weighted by atomic mass is 10.3. The van der Waals surface area contributed by atoms with Gasteiger partial charge in [0.15, 0.2) is 0 Å². The van der Waals surface area contributed by atoms with Gasteiger partial charge in [-0.1, -0.05) is 0 Å². The summed E-state index contributed by atoms with van der Waals surface area (Å²) in [5, 5.41) is 3.29. The molecule has 124 valence electrons. The molecule has 2 N–H and O–H groups in total. The number of ether oxygens (including phenoxy) is 1. The minimum atomic E-state index is -3.12. The molecule has 0 spiro atoms. The van der Waals surface area contributed by atoms with Crippen LogP contribution in [0.4, 0.5) is 0 Å². The average molecular weight is 352 g/mol. The second-order valence-corrected chi connectivity index (χ2v) is 6.43. The molecular weight excluding hydrogens is 325 g/mol. The standard InChI is InChI=1S/C11H25N3O3S.2ClH/c1-17-10-3-11-18(15,16)13-4-2-7-14-8-5-12-6-9-14;;/h12-13H,2-11H2,1H3;2*1H. The van der Waals surface area contributed by atoms with Crippen molar-refractivity contribution >= 4 is 34.8 Å². The van der Waals surface area contributed by atoms with Crippen LogP contribution in [0.15, 0.2) is 0 Å². The van der Waals surface area contributed by atoms with Crippen LogP contribution in [0.1, 0.15) is 12.8 Å². The second kappa shape index (κ2) is 13.1. The molecule has 0 atom stereocenters. The Bertz CT molecular complexity index is 312. The van der Waals surface area contributed by atoms with Gasteiger partial charge >= 0.3 is 0 Å². The van der Waals surface area contributed by atoms with Crippen LogP contribution in [-0.4, -0.2) is 72.1 Å². The Kier molecular flexibility index (Phi) is 14.8. The van der Waals surface area contributed by atoms with Gasteiger partial charge in [0.25, 0.3) is 0 Å². The molecule has 20 heavy (non-hydrogen) atoms. The van der Waals surface area contributed by atoms with E-state index >= 15 is 0 Å². The van der Waals surface area contributed by atoms with Crippen LogP contribution in [0.2, 0.25) is 0 Å². The second-order valence-electron chi connectivity index (χ2n) is 4.50. The first-order valence-corrected chi connectivity index (χ1v) is 8.18. The lowest BCUT2D eigenvalue weighted by Crippen LogP contribution is -2.44. The zero-order valence-corrected chi connectivity index (χ0v) is 14.4. The van der Waals surface area contributed by atoms with Crippen molar-refractivity contribution in [2.75, 3.05) is 58.7 Å². The molecule has 0 saturated carbocycles. The zero-order chi connectivity index (χ0) is 13.3. The van der Waals surface area contributed by atoms with E-state index < -0.39 is 10.0 Å². The van der Waals surface area contributed by atoms with Gasteiger partial charge in [-0.15, -0.1) is 24.8 Å². The molecule has 1 aliphatic rings. The minimum Gasteiger partial charge on any atom is -0.385 e. The van der Waals surface area contributed by atoms with Crippen LogP contribution in [0, 0.1) is 0 Å². The van der Waals surface area contributed by atoms with Gasteiger partial charge in [-0.05, 0) is 19.4 Å². The maximum atomic E-state index is 11.6. The van der Waals surface area contributed by atoms with Gasteiger partial charge in [0.05, 0.1) is 5.75 Å². The van der Waals surface area contributed by atoms with Gasteiger partial charge in [-0.3, -0.25) is 0 Å². The number of piperazine rings is 1. The molecule has 0 aromatic rings. The predicted octanol–water partition coefficient (Wildman–Crippen LogP) is 0.0812. The zero-order valence-electron chi connectivity index (χ0n) is 12.0. The Morgan fingerprint density at radius 2 is 1.85 bits per heavy atom. The topological polar surface area (TPSA) is 70.7 Å². The molecule has 1 saturated heterocycles. The first kappa shape index (κ1) is 22.6. The molecule has 1 fully saturated rings. The number of sulfonamides is 1. The number of methoxy groups -OCH3 is 1. The summed E-state index contributed by atoms with van der Waals surface area (Å²) in [6, 6.07) is 0. The van der Waals surface area contributed by atoms with Crippen LogP contribution in [0.25, 0.3) is 0 Å². The minimum absolute atomic E-state index is 0. The fourth-order valence-corrected chi connectivity index (χ4v) is 3.03. The van der Waals surface area contributed by atoms with E-state index in [0.717, 1.165) is 39.1 Å². The summed E-state index contributed by atoms with van der Waals surface area (Å²) < 4.78 is 30.6. The quantitative estimate of drug-likeness (QED) is 0.575. The largest absolute Gasteiger partial charge is 0.385 e. The number of nitrogens with one attached hydrogen (secondary N) is 2. The molecule has 0 aliphatic carbocycles. The van der Waals surface area contributed by atoms with Crippen LogP contribution >= 0.6 is 24.8 Å². The molecule has 1 heterocycles. The Balaban J connectivity index is 0. The van der Waals surface area contributed by atoms with Gasteiger partial charge < -0.3 is 15.0 Å². The van der Waals surface area contributed by atoms with E-state index in [2.05, 4.69) is 14.9 Å². The predicted molar refractivity (Wildman–Crippen MR) is 86.7 cm³/mol. The summed E-state index contributed by atoms with van der Waals surface area (Å²) in [6.07, 6.45) is 1.41. The molecule has 0 aromatic carbocycles. The fraction of sp³-hybridized carbons (Fsp3) is 1.00. The smallest absolute Gasteiger partial charge is 0.211 e. The van der Waals surface area contributed by atoms with Crippen molar-refractivity contribution in [3.63, 3.8) is 0 Å². The van der Waals surface area contributed by atoms with E-state index in [1.54, 1.807) is 7.11 Å². The summed E-state index contributed by atoms with van der Waals surface area (Å²) >= 11 is 0. The highest BCUT2D eigenvalue weighted by Gasteiger charge is 2.11. The van der Waals surface area contributed by atoms with Crippen LogP contribution in [0.5, 0.6) is 0 Å². The normalized spacial score (nSPS) is 16.2. The summed E-state index contributed by atoms with van der Waals surface area (Å²) in [7, 11) is -1.54. The maximum absolute atomic E-state index is 11.6. The average Bonchev–Trinajstić information content (AvgIpc) is 2.36. The van der Waals surface area contributed by atoms with Crippen molar-refractivity contribution in [3.8, 4) is 0 Å². The van der Waals surface area contributed by atoms with Crippen LogP contribution in [0.3, 0.4) is 0 Å². The van der Waals surface area contributed by atoms with Gasteiger partial charge in [-0.2, -0.15) is 0 Å². The molecule has 9 heteroatoms. The van der Waals surface area contributed by atoms with Crippen LogP contribution < -0.4 is 10.0 Å². The first-order valence-electron chi connectivity index (χ1n) is 6.53. The summed E-state index contributed by atoms with van der Waals surface area (Å²) in [5.41, 5.74) is 0. The maximum Gasteiger partial charge on any atom is 0.211 e. The lowest BCUT2D eigenvalue weighted by Gasteiger charge is -2.27. The van der Waals surface area contributed by atoms with E-state index in [-0.39, 0.29) is 30.6 Å². The Morgan fingerprint density at radius 3 is 2.45 bits per heavy atom. The van der Waals surface area contributed by atoms with Crippen molar-refractivity contribution in [3.05, 3.63) is 0 Å². The van der Waals surface area contributed by atoms with Crippen molar-refractivity contribution in [1.82, 2.24) is 14.9 Å². The third-order valence-electron chi connectivity index (χ3n) is 2.94. The highest BCUT2D eigenvalue weighted by atomic mass is 35.5. The van der Waals surface area contributed by atoms with Gasteiger partial charge in [0, 0.05) is 46.4 Å². The van der Waals surface area contributed by atoms with Crippen molar-refractivity contribution in [2.45, 2.75) is 12.8 Å². The number of nitrogens with zero attached hydrogens (tertiary/aromatic N) is 1. The van der Waals surface area contributed by atoms with E-state index in [0.29, 0.717) is 19.6 Å². The van der Waals surface area contributed by atoms with E-state index in [1.807, 2.05) is 0 Å². The monoisotopic (exact) mass is 351 g/mol. The molecule has 0 unspecified atom stereocenters. The molecule has 0 radical (unpaired) electrons. The lowest BCUT2D eigenvalue weighted by molar-refractivity contribution is 0.199. The molecule has 6 nitrogen and oxygen atoms in total. The molecule has 1 rings (SSSR count). The molecule has 0 amide bonds. The van der Waals surface area contributed by atoms with Crippen molar-refractivity contribution in [2.24, 2.45) is 0 Å². The van der Waals surface area contributed by atoms with Gasteiger partial charge in [0.1, 0.15) is 0 Å². The van der Waals surface area contributed by atoms with E-state index in [1.165, 1.54) is 0 Å². The fourth-order valence-electron chi connectivity index (χ4n) is 1.93. The van der Waals surface area contributed by atoms with E-state index in [9.17, 15) is 8.42 Å². The third-order valence-corrected chi connectivity index (χ3v) is 4.41. The first-order chi connectivity index (χ1) is 8.64. The molecule has 0 aromatic heterocycles.